The summed E-state index contributed by atoms with van der Waals surface area (Å²) >= 11 is 0. The number of benzene rings is 2. The molecule has 0 heterocycles. The van der Waals surface area contributed by atoms with Gasteiger partial charge in [-0.05, 0) is 37.2 Å². The molecular weight excluding hydrogens is 230 g/mol. The van der Waals surface area contributed by atoms with Crippen LogP contribution in [0.15, 0.2) is 60.7 Å². The van der Waals surface area contributed by atoms with Crippen LogP contribution in [0.5, 0.6) is 0 Å². The SMILES string of the molecule is CN(C)CCC(=Cc1ccccc1)c1ccccc1. The second-order valence-corrected chi connectivity index (χ2v) is 5.00. The first kappa shape index (κ1) is 13.6. The molecule has 0 aliphatic rings. The van der Waals surface area contributed by atoms with E-state index >= 15 is 0 Å². The minimum Gasteiger partial charge on any atom is -0.309 e. The van der Waals surface area contributed by atoms with Crippen molar-refractivity contribution in [3.63, 3.8) is 0 Å². The van der Waals surface area contributed by atoms with Crippen LogP contribution in [0, 0.1) is 0 Å². The number of nitrogens with zero attached hydrogens (tertiary/aromatic N) is 1. The van der Waals surface area contributed by atoms with Crippen molar-refractivity contribution in [2.75, 3.05) is 20.6 Å². The molecule has 1 nitrogen and oxygen atoms in total. The number of rotatable bonds is 5. The lowest BCUT2D eigenvalue weighted by Gasteiger charge is -2.13. The normalized spacial score (nSPS) is 11.8. The Labute approximate surface area is 116 Å². The lowest BCUT2D eigenvalue weighted by atomic mass is 10.00. The van der Waals surface area contributed by atoms with E-state index < -0.39 is 0 Å². The molecule has 2 rings (SSSR count). The summed E-state index contributed by atoms with van der Waals surface area (Å²) in [7, 11) is 4.23. The Balaban J connectivity index is 2.27. The van der Waals surface area contributed by atoms with Gasteiger partial charge in [-0.2, -0.15) is 0 Å². The maximum Gasteiger partial charge on any atom is 0.00159 e. The first-order valence-electron chi connectivity index (χ1n) is 6.71. The minimum atomic E-state index is 1.06. The van der Waals surface area contributed by atoms with Crippen molar-refractivity contribution in [1.29, 1.82) is 0 Å². The molecule has 0 aliphatic carbocycles. The van der Waals surface area contributed by atoms with Gasteiger partial charge < -0.3 is 4.90 Å². The second-order valence-electron chi connectivity index (χ2n) is 5.00. The van der Waals surface area contributed by atoms with Gasteiger partial charge in [-0.25, -0.2) is 0 Å². The molecule has 0 saturated carbocycles. The topological polar surface area (TPSA) is 3.24 Å². The highest BCUT2D eigenvalue weighted by Gasteiger charge is 2.02. The molecule has 0 bridgehead atoms. The molecule has 0 saturated heterocycles. The summed E-state index contributed by atoms with van der Waals surface area (Å²) in [6.45, 7) is 1.06. The Kier molecular flexibility index (Phi) is 4.93. The van der Waals surface area contributed by atoms with Gasteiger partial charge in [0.1, 0.15) is 0 Å². The molecule has 0 atom stereocenters. The van der Waals surface area contributed by atoms with Crippen LogP contribution in [-0.2, 0) is 0 Å². The van der Waals surface area contributed by atoms with E-state index in [1.807, 2.05) is 0 Å². The molecule has 0 aromatic heterocycles. The van der Waals surface area contributed by atoms with Gasteiger partial charge in [0.15, 0.2) is 0 Å². The Hall–Kier alpha value is -1.86. The fourth-order valence-electron chi connectivity index (χ4n) is 2.05. The van der Waals surface area contributed by atoms with Crippen molar-refractivity contribution in [1.82, 2.24) is 4.90 Å². The van der Waals surface area contributed by atoms with Gasteiger partial charge in [0.05, 0.1) is 0 Å². The third-order valence-corrected chi connectivity index (χ3v) is 3.11. The molecule has 0 N–H and O–H groups in total. The summed E-state index contributed by atoms with van der Waals surface area (Å²) in [6.07, 6.45) is 3.35. The first-order valence-corrected chi connectivity index (χ1v) is 6.71. The van der Waals surface area contributed by atoms with Crippen molar-refractivity contribution >= 4 is 11.6 Å². The van der Waals surface area contributed by atoms with Gasteiger partial charge in [-0.15, -0.1) is 0 Å². The fraction of sp³-hybridized carbons (Fsp3) is 0.222. The zero-order chi connectivity index (χ0) is 13.5. The zero-order valence-corrected chi connectivity index (χ0v) is 11.7. The molecule has 2 aromatic carbocycles. The van der Waals surface area contributed by atoms with Gasteiger partial charge in [0.25, 0.3) is 0 Å². The van der Waals surface area contributed by atoms with Gasteiger partial charge in [0, 0.05) is 6.54 Å². The van der Waals surface area contributed by atoms with E-state index in [1.165, 1.54) is 16.7 Å². The van der Waals surface area contributed by atoms with Gasteiger partial charge >= 0.3 is 0 Å². The standard InChI is InChI=1S/C18H21N/c1-19(2)14-13-18(17-11-7-4-8-12-17)15-16-9-5-3-6-10-16/h3-12,15H,13-14H2,1-2H3. The van der Waals surface area contributed by atoms with Crippen molar-refractivity contribution in [3.05, 3.63) is 71.8 Å². The van der Waals surface area contributed by atoms with E-state index in [4.69, 9.17) is 0 Å². The highest BCUT2D eigenvalue weighted by atomic mass is 15.0. The summed E-state index contributed by atoms with van der Waals surface area (Å²) in [6, 6.07) is 21.2. The van der Waals surface area contributed by atoms with Crippen LogP contribution in [0.3, 0.4) is 0 Å². The Morgan fingerprint density at radius 1 is 0.895 bits per heavy atom. The number of hydrogen-bond acceptors (Lipinski definition) is 1. The third kappa shape index (κ3) is 4.38. The second kappa shape index (κ2) is 6.91. The van der Waals surface area contributed by atoms with E-state index in [9.17, 15) is 0 Å². The molecular formula is C18H21N. The van der Waals surface area contributed by atoms with Crippen molar-refractivity contribution in [2.24, 2.45) is 0 Å². The maximum atomic E-state index is 2.29. The summed E-state index contributed by atoms with van der Waals surface area (Å²) in [5.74, 6) is 0. The number of hydrogen-bond donors (Lipinski definition) is 0. The lowest BCUT2D eigenvalue weighted by Crippen LogP contribution is -2.13. The summed E-state index contributed by atoms with van der Waals surface area (Å²) in [4.78, 5) is 2.22. The first-order chi connectivity index (χ1) is 9.25. The predicted octanol–water partition coefficient (Wildman–Crippen LogP) is 4.18. The van der Waals surface area contributed by atoms with Crippen LogP contribution in [0.4, 0.5) is 0 Å². The molecule has 0 radical (unpaired) electrons. The minimum absolute atomic E-state index is 1.06. The zero-order valence-electron chi connectivity index (χ0n) is 11.7. The highest BCUT2D eigenvalue weighted by molar-refractivity contribution is 5.81. The largest absolute Gasteiger partial charge is 0.309 e. The molecule has 0 aliphatic heterocycles. The predicted molar refractivity (Wildman–Crippen MR) is 83.9 cm³/mol. The average Bonchev–Trinajstić information content (AvgIpc) is 2.45. The van der Waals surface area contributed by atoms with E-state index in [0.29, 0.717) is 0 Å². The van der Waals surface area contributed by atoms with Crippen LogP contribution < -0.4 is 0 Å². The van der Waals surface area contributed by atoms with Crippen LogP contribution >= 0.6 is 0 Å². The Morgan fingerprint density at radius 2 is 1.47 bits per heavy atom. The average molecular weight is 251 g/mol. The summed E-state index contributed by atoms with van der Waals surface area (Å²) < 4.78 is 0. The van der Waals surface area contributed by atoms with Gasteiger partial charge in [0.2, 0.25) is 0 Å². The maximum absolute atomic E-state index is 2.29. The smallest absolute Gasteiger partial charge is 0.00159 e. The summed E-state index contributed by atoms with van der Waals surface area (Å²) in [5, 5.41) is 0. The van der Waals surface area contributed by atoms with Crippen LogP contribution in [0.2, 0.25) is 0 Å². The van der Waals surface area contributed by atoms with E-state index in [1.54, 1.807) is 0 Å². The Bertz CT molecular complexity index is 512. The van der Waals surface area contributed by atoms with Crippen molar-refractivity contribution in [2.45, 2.75) is 6.42 Å². The highest BCUT2D eigenvalue weighted by Crippen LogP contribution is 2.21. The molecule has 0 amide bonds. The van der Waals surface area contributed by atoms with Crippen molar-refractivity contribution in [3.8, 4) is 0 Å². The third-order valence-electron chi connectivity index (χ3n) is 3.11. The molecule has 0 unspecified atom stereocenters. The fourth-order valence-corrected chi connectivity index (χ4v) is 2.05. The van der Waals surface area contributed by atoms with E-state index in [-0.39, 0.29) is 0 Å². The van der Waals surface area contributed by atoms with E-state index in [0.717, 1.165) is 13.0 Å². The molecule has 98 valence electrons. The van der Waals surface area contributed by atoms with Gasteiger partial charge in [-0.1, -0.05) is 66.7 Å². The molecule has 0 fully saturated rings. The summed E-state index contributed by atoms with van der Waals surface area (Å²) in [5.41, 5.74) is 3.97. The monoisotopic (exact) mass is 251 g/mol. The quantitative estimate of drug-likeness (QED) is 0.721. The molecule has 1 heteroatoms. The van der Waals surface area contributed by atoms with Crippen LogP contribution in [0.25, 0.3) is 11.6 Å². The van der Waals surface area contributed by atoms with Crippen molar-refractivity contribution < 1.29 is 0 Å². The molecule has 19 heavy (non-hydrogen) atoms. The van der Waals surface area contributed by atoms with E-state index in [2.05, 4.69) is 85.7 Å². The molecule has 2 aromatic rings. The van der Waals surface area contributed by atoms with Crippen LogP contribution in [0.1, 0.15) is 17.5 Å². The molecule has 0 spiro atoms. The Morgan fingerprint density at radius 3 is 2.05 bits per heavy atom. The van der Waals surface area contributed by atoms with Crippen LogP contribution in [-0.4, -0.2) is 25.5 Å². The van der Waals surface area contributed by atoms with Gasteiger partial charge in [-0.3, -0.25) is 0 Å². The lowest BCUT2D eigenvalue weighted by molar-refractivity contribution is 0.420.